The summed E-state index contributed by atoms with van der Waals surface area (Å²) in [6.07, 6.45) is -0.0664. The van der Waals surface area contributed by atoms with E-state index in [9.17, 15) is 14.7 Å². The molecule has 1 heterocycles. The predicted octanol–water partition coefficient (Wildman–Crippen LogP) is 3.14. The molecule has 0 aliphatic carbocycles. The molecule has 0 bridgehead atoms. The third-order valence-corrected chi connectivity index (χ3v) is 4.42. The summed E-state index contributed by atoms with van der Waals surface area (Å²) >= 11 is 6.10. The summed E-state index contributed by atoms with van der Waals surface area (Å²) in [6, 6.07) is 7.38. The summed E-state index contributed by atoms with van der Waals surface area (Å²) in [6.45, 7) is 1.55. The van der Waals surface area contributed by atoms with Gasteiger partial charge in [-0.1, -0.05) is 23.7 Å². The monoisotopic (exact) mass is 370 g/mol. The molecule has 25 heavy (non-hydrogen) atoms. The lowest BCUT2D eigenvalue weighted by atomic mass is 9.88. The van der Waals surface area contributed by atoms with Gasteiger partial charge >= 0.3 is 12.2 Å². The number of ether oxygens (including phenoxy) is 2. The fourth-order valence-corrected chi connectivity index (χ4v) is 3.23. The Labute approximate surface area is 151 Å². The van der Waals surface area contributed by atoms with Gasteiger partial charge in [-0.15, -0.1) is 0 Å². The zero-order valence-corrected chi connectivity index (χ0v) is 14.9. The summed E-state index contributed by atoms with van der Waals surface area (Å²) in [5, 5.41) is 12.4. The van der Waals surface area contributed by atoms with Gasteiger partial charge < -0.3 is 24.8 Å². The van der Waals surface area contributed by atoms with E-state index in [-0.39, 0.29) is 18.6 Å². The van der Waals surface area contributed by atoms with Crippen molar-refractivity contribution in [2.45, 2.75) is 18.9 Å². The van der Waals surface area contributed by atoms with E-state index >= 15 is 0 Å². The van der Waals surface area contributed by atoms with Gasteiger partial charge in [-0.2, -0.15) is 0 Å². The highest BCUT2D eigenvalue weighted by Gasteiger charge is 2.31. The molecule has 1 unspecified atom stereocenters. The highest BCUT2D eigenvalue weighted by atomic mass is 35.5. The Morgan fingerprint density at radius 3 is 2.96 bits per heavy atom. The Bertz CT molecular complexity index is 598. The van der Waals surface area contributed by atoms with Gasteiger partial charge in [0.05, 0.1) is 19.8 Å². The number of alkyl carbamates (subject to hydrolysis) is 1. The minimum Gasteiger partial charge on any atom is -0.465 e. The zero-order chi connectivity index (χ0) is 18.2. The molecular weight excluding hydrogens is 348 g/mol. The average Bonchev–Trinajstić information content (AvgIpc) is 2.61. The first-order valence-corrected chi connectivity index (χ1v) is 8.56. The third kappa shape index (κ3) is 5.79. The molecule has 0 saturated carbocycles. The molecule has 0 radical (unpaired) electrons. The number of hydrogen-bond donors (Lipinski definition) is 2. The fourth-order valence-electron chi connectivity index (χ4n) is 3.03. The quantitative estimate of drug-likeness (QED) is 0.751. The molecule has 1 aromatic rings. The van der Waals surface area contributed by atoms with Gasteiger partial charge in [0.15, 0.2) is 0 Å². The number of rotatable bonds is 6. The summed E-state index contributed by atoms with van der Waals surface area (Å²) < 4.78 is 10.5. The van der Waals surface area contributed by atoms with Crippen molar-refractivity contribution in [1.29, 1.82) is 0 Å². The van der Waals surface area contributed by atoms with Crippen LogP contribution in [0.2, 0.25) is 5.02 Å². The van der Waals surface area contributed by atoms with Gasteiger partial charge in [-0.05, 0) is 30.5 Å². The van der Waals surface area contributed by atoms with E-state index in [0.29, 0.717) is 24.7 Å². The molecule has 1 saturated heterocycles. The largest absolute Gasteiger partial charge is 0.465 e. The summed E-state index contributed by atoms with van der Waals surface area (Å²) in [5.74, 6) is 0.0291. The van der Waals surface area contributed by atoms with Crippen LogP contribution in [0, 0.1) is 5.92 Å². The van der Waals surface area contributed by atoms with Crippen LogP contribution >= 0.6 is 11.6 Å². The Kier molecular flexibility index (Phi) is 7.33. The topological polar surface area (TPSA) is 88.1 Å². The molecule has 0 spiro atoms. The van der Waals surface area contributed by atoms with Crippen molar-refractivity contribution < 1.29 is 24.2 Å². The van der Waals surface area contributed by atoms with Crippen LogP contribution in [0.4, 0.5) is 9.59 Å². The highest BCUT2D eigenvalue weighted by Crippen LogP contribution is 2.33. The Hall–Kier alpha value is -1.99. The van der Waals surface area contributed by atoms with E-state index in [4.69, 9.17) is 16.3 Å². The standard InChI is InChI=1S/C17H23ClN2O5/c1-24-16(21)19-7-9-25-15(12-4-2-6-14(18)10-12)13-5-3-8-20(11-13)17(22)23/h2,4,6,10,13,15H,3,5,7-9,11H2,1H3,(H,19,21)(H,22,23)/t13?,15-/m0/s1. The molecule has 7 nitrogen and oxygen atoms in total. The number of carbonyl (C=O) groups excluding carboxylic acids is 1. The van der Waals surface area contributed by atoms with E-state index < -0.39 is 12.2 Å². The first kappa shape index (κ1) is 19.3. The van der Waals surface area contributed by atoms with Crippen molar-refractivity contribution in [3.8, 4) is 0 Å². The predicted molar refractivity (Wildman–Crippen MR) is 92.9 cm³/mol. The van der Waals surface area contributed by atoms with Crippen molar-refractivity contribution in [1.82, 2.24) is 10.2 Å². The van der Waals surface area contributed by atoms with Gasteiger partial charge in [0, 0.05) is 30.6 Å². The van der Waals surface area contributed by atoms with Crippen molar-refractivity contribution in [3.05, 3.63) is 34.9 Å². The lowest BCUT2D eigenvalue weighted by Gasteiger charge is -2.35. The molecular formula is C17H23ClN2O5. The molecule has 2 N–H and O–H groups in total. The van der Waals surface area contributed by atoms with E-state index in [1.54, 1.807) is 6.07 Å². The molecule has 138 valence electrons. The number of benzene rings is 1. The third-order valence-electron chi connectivity index (χ3n) is 4.19. The van der Waals surface area contributed by atoms with Gasteiger partial charge in [0.1, 0.15) is 0 Å². The minimum atomic E-state index is -0.915. The number of piperidine rings is 1. The summed E-state index contributed by atoms with van der Waals surface area (Å²) in [7, 11) is 1.30. The number of nitrogens with one attached hydrogen (secondary N) is 1. The summed E-state index contributed by atoms with van der Waals surface area (Å²) in [5.41, 5.74) is 0.905. The molecule has 1 aliphatic heterocycles. The van der Waals surface area contributed by atoms with E-state index in [1.807, 2.05) is 18.2 Å². The van der Waals surface area contributed by atoms with E-state index in [0.717, 1.165) is 18.4 Å². The van der Waals surface area contributed by atoms with Gasteiger partial charge in [0.25, 0.3) is 0 Å². The van der Waals surface area contributed by atoms with Crippen LogP contribution in [0.25, 0.3) is 0 Å². The number of carbonyl (C=O) groups is 2. The maximum atomic E-state index is 11.3. The van der Waals surface area contributed by atoms with Crippen LogP contribution in [0.1, 0.15) is 24.5 Å². The van der Waals surface area contributed by atoms with E-state index in [1.165, 1.54) is 12.0 Å². The van der Waals surface area contributed by atoms with E-state index in [2.05, 4.69) is 10.1 Å². The van der Waals surface area contributed by atoms with Gasteiger partial charge in [-0.25, -0.2) is 9.59 Å². The second-order valence-corrected chi connectivity index (χ2v) is 6.33. The van der Waals surface area contributed by atoms with Crippen LogP contribution in [0.3, 0.4) is 0 Å². The lowest BCUT2D eigenvalue weighted by molar-refractivity contribution is -0.0117. The number of hydrogen-bond acceptors (Lipinski definition) is 4. The smallest absolute Gasteiger partial charge is 0.407 e. The number of amides is 2. The van der Waals surface area contributed by atoms with Crippen LogP contribution in [0.15, 0.2) is 24.3 Å². The lowest BCUT2D eigenvalue weighted by Crippen LogP contribution is -2.41. The molecule has 1 aliphatic rings. The number of carboxylic acid groups (broad SMARTS) is 1. The van der Waals surface area contributed by atoms with Gasteiger partial charge in [-0.3, -0.25) is 0 Å². The number of likely N-dealkylation sites (tertiary alicyclic amines) is 1. The van der Waals surface area contributed by atoms with Crippen molar-refractivity contribution >= 4 is 23.8 Å². The number of halogens is 1. The summed E-state index contributed by atoms with van der Waals surface area (Å²) in [4.78, 5) is 23.8. The van der Waals surface area contributed by atoms with Crippen molar-refractivity contribution in [3.63, 3.8) is 0 Å². The molecule has 8 heteroatoms. The minimum absolute atomic E-state index is 0.0291. The fraction of sp³-hybridized carbons (Fsp3) is 0.529. The maximum absolute atomic E-state index is 11.3. The second kappa shape index (κ2) is 9.48. The molecule has 2 amide bonds. The Morgan fingerprint density at radius 1 is 1.48 bits per heavy atom. The Balaban J connectivity index is 2.06. The van der Waals surface area contributed by atoms with Crippen LogP contribution < -0.4 is 5.32 Å². The molecule has 2 atom stereocenters. The Morgan fingerprint density at radius 2 is 2.28 bits per heavy atom. The number of methoxy groups -OCH3 is 1. The molecule has 2 rings (SSSR count). The average molecular weight is 371 g/mol. The van der Waals surface area contributed by atoms with Crippen LogP contribution in [0.5, 0.6) is 0 Å². The second-order valence-electron chi connectivity index (χ2n) is 5.90. The first-order valence-electron chi connectivity index (χ1n) is 8.18. The SMILES string of the molecule is COC(=O)NCCO[C@@H](c1cccc(Cl)c1)C1CCCN(C(=O)O)C1. The maximum Gasteiger partial charge on any atom is 0.407 e. The van der Waals surface area contributed by atoms with Crippen LogP contribution in [-0.2, 0) is 9.47 Å². The van der Waals surface area contributed by atoms with Crippen molar-refractivity contribution in [2.24, 2.45) is 5.92 Å². The highest BCUT2D eigenvalue weighted by molar-refractivity contribution is 6.30. The van der Waals surface area contributed by atoms with Crippen molar-refractivity contribution in [2.75, 3.05) is 33.4 Å². The normalized spacial score (nSPS) is 18.5. The molecule has 0 aromatic heterocycles. The van der Waals surface area contributed by atoms with Crippen LogP contribution in [-0.4, -0.2) is 55.5 Å². The first-order chi connectivity index (χ1) is 12.0. The molecule has 1 fully saturated rings. The van der Waals surface area contributed by atoms with Gasteiger partial charge in [0.2, 0.25) is 0 Å². The number of nitrogens with zero attached hydrogens (tertiary/aromatic N) is 1. The molecule has 1 aromatic carbocycles. The zero-order valence-electron chi connectivity index (χ0n) is 14.1.